The maximum atomic E-state index is 11.0. The Morgan fingerprint density at radius 3 is 2.26 bits per heavy atom. The lowest BCUT2D eigenvalue weighted by Gasteiger charge is -2.21. The lowest BCUT2D eigenvalue weighted by molar-refractivity contribution is -0.138. The summed E-state index contributed by atoms with van der Waals surface area (Å²) in [6.45, 7) is 11.4. The van der Waals surface area contributed by atoms with E-state index in [1.807, 2.05) is 0 Å². The van der Waals surface area contributed by atoms with Gasteiger partial charge in [-0.15, -0.1) is 0 Å². The lowest BCUT2D eigenvalue weighted by Crippen LogP contribution is -2.30. The fourth-order valence-electron chi connectivity index (χ4n) is 1.99. The van der Waals surface area contributed by atoms with Gasteiger partial charge in [0.2, 0.25) is 0 Å². The fraction of sp³-hybridized carbons (Fsp3) is 0.812. The molecule has 0 aliphatic heterocycles. The van der Waals surface area contributed by atoms with Crippen LogP contribution >= 0.6 is 0 Å². The number of hydrogen-bond acceptors (Lipinski definition) is 3. The summed E-state index contributed by atoms with van der Waals surface area (Å²) in [5.41, 5.74) is 0. The predicted octanol–water partition coefficient (Wildman–Crippen LogP) is 3.79. The van der Waals surface area contributed by atoms with Crippen molar-refractivity contribution in [1.29, 1.82) is 0 Å². The molecule has 112 valence electrons. The molecule has 0 saturated carbocycles. The van der Waals surface area contributed by atoms with Crippen LogP contribution in [0.5, 0.6) is 0 Å². The summed E-state index contributed by atoms with van der Waals surface area (Å²) < 4.78 is 5.05. The van der Waals surface area contributed by atoms with E-state index in [4.69, 9.17) is 4.74 Å². The van der Waals surface area contributed by atoms with Gasteiger partial charge in [-0.2, -0.15) is 0 Å². The van der Waals surface area contributed by atoms with Crippen molar-refractivity contribution in [3.8, 4) is 0 Å². The number of esters is 1. The second-order valence-electron chi connectivity index (χ2n) is 4.98. The van der Waals surface area contributed by atoms with Crippen molar-refractivity contribution < 1.29 is 9.53 Å². The minimum absolute atomic E-state index is 0.321. The van der Waals surface area contributed by atoms with E-state index >= 15 is 0 Å². The molecule has 0 bridgehead atoms. The summed E-state index contributed by atoms with van der Waals surface area (Å²) in [5.74, 6) is -0.321. The van der Waals surface area contributed by atoms with Gasteiger partial charge in [0, 0.05) is 12.6 Å². The topological polar surface area (TPSA) is 29.5 Å². The Balaban J connectivity index is 3.74. The lowest BCUT2D eigenvalue weighted by atomic mass is 10.1. The molecule has 19 heavy (non-hydrogen) atoms. The minimum Gasteiger partial charge on any atom is -0.461 e. The van der Waals surface area contributed by atoms with Gasteiger partial charge in [-0.1, -0.05) is 52.5 Å². The van der Waals surface area contributed by atoms with Gasteiger partial charge in [-0.25, -0.2) is 4.79 Å². The SMILES string of the molecule is C=CC(=O)OCCN(CCCC)CCCCCCC. The molecule has 3 nitrogen and oxygen atoms in total. The van der Waals surface area contributed by atoms with Crippen LogP contribution in [0.2, 0.25) is 0 Å². The molecule has 0 aliphatic rings. The number of carbonyl (C=O) groups excluding carboxylic acids is 1. The first-order valence-corrected chi connectivity index (χ1v) is 7.76. The maximum absolute atomic E-state index is 11.0. The molecule has 0 aromatic rings. The molecule has 0 aromatic heterocycles. The average molecular weight is 269 g/mol. The highest BCUT2D eigenvalue weighted by Gasteiger charge is 2.05. The molecular formula is C16H31NO2. The normalized spacial score (nSPS) is 10.7. The van der Waals surface area contributed by atoms with E-state index in [1.165, 1.54) is 51.0 Å². The van der Waals surface area contributed by atoms with E-state index in [-0.39, 0.29) is 5.97 Å². The molecule has 0 fully saturated rings. The predicted molar refractivity (Wildman–Crippen MR) is 81.3 cm³/mol. The van der Waals surface area contributed by atoms with Crippen molar-refractivity contribution >= 4 is 5.97 Å². The Labute approximate surface area is 119 Å². The molecule has 0 atom stereocenters. The Bertz CT molecular complexity index is 229. The second kappa shape index (κ2) is 13.6. The van der Waals surface area contributed by atoms with Crippen molar-refractivity contribution in [2.24, 2.45) is 0 Å². The zero-order valence-corrected chi connectivity index (χ0v) is 12.8. The van der Waals surface area contributed by atoms with Crippen molar-refractivity contribution in [3.05, 3.63) is 12.7 Å². The van der Waals surface area contributed by atoms with Crippen molar-refractivity contribution in [3.63, 3.8) is 0 Å². The molecule has 0 amide bonds. The van der Waals surface area contributed by atoms with Crippen LogP contribution in [0.15, 0.2) is 12.7 Å². The van der Waals surface area contributed by atoms with E-state index in [9.17, 15) is 4.79 Å². The summed E-state index contributed by atoms with van der Waals surface area (Å²) in [7, 11) is 0. The van der Waals surface area contributed by atoms with Crippen LogP contribution in [0.3, 0.4) is 0 Å². The van der Waals surface area contributed by atoms with Gasteiger partial charge >= 0.3 is 5.97 Å². The third-order valence-electron chi connectivity index (χ3n) is 3.22. The summed E-state index contributed by atoms with van der Waals surface area (Å²) in [4.78, 5) is 13.4. The van der Waals surface area contributed by atoms with Crippen LogP contribution in [0.1, 0.15) is 58.8 Å². The standard InChI is InChI=1S/C16H31NO2/c1-4-7-9-10-11-13-17(12-8-5-2)14-15-19-16(18)6-3/h6H,3-5,7-15H2,1-2H3. The van der Waals surface area contributed by atoms with Gasteiger partial charge in [0.25, 0.3) is 0 Å². The number of rotatable bonds is 13. The van der Waals surface area contributed by atoms with E-state index in [2.05, 4.69) is 25.3 Å². The van der Waals surface area contributed by atoms with Crippen LogP contribution in [0.25, 0.3) is 0 Å². The summed E-state index contributed by atoms with van der Waals surface area (Å²) in [6, 6.07) is 0. The molecule has 0 aliphatic carbocycles. The molecule has 0 N–H and O–H groups in total. The highest BCUT2D eigenvalue weighted by atomic mass is 16.5. The van der Waals surface area contributed by atoms with Crippen molar-refractivity contribution in [2.75, 3.05) is 26.2 Å². The minimum atomic E-state index is -0.321. The Morgan fingerprint density at radius 2 is 1.63 bits per heavy atom. The third kappa shape index (κ3) is 12.0. The number of ether oxygens (including phenoxy) is 1. The molecular weight excluding hydrogens is 238 g/mol. The average Bonchev–Trinajstić information content (AvgIpc) is 2.43. The number of nitrogens with zero attached hydrogens (tertiary/aromatic N) is 1. The molecule has 0 rings (SSSR count). The quantitative estimate of drug-likeness (QED) is 0.289. The van der Waals surface area contributed by atoms with Gasteiger partial charge in [-0.05, 0) is 25.9 Å². The molecule has 0 radical (unpaired) electrons. The van der Waals surface area contributed by atoms with Crippen LogP contribution in [0, 0.1) is 0 Å². The molecule has 0 spiro atoms. The first-order valence-electron chi connectivity index (χ1n) is 7.76. The Hall–Kier alpha value is -0.830. The Morgan fingerprint density at radius 1 is 1.00 bits per heavy atom. The zero-order chi connectivity index (χ0) is 14.3. The van der Waals surface area contributed by atoms with Gasteiger partial charge in [0.15, 0.2) is 0 Å². The van der Waals surface area contributed by atoms with Crippen molar-refractivity contribution in [2.45, 2.75) is 58.8 Å². The molecule has 0 saturated heterocycles. The zero-order valence-electron chi connectivity index (χ0n) is 12.8. The number of carbonyl (C=O) groups is 1. The highest BCUT2D eigenvalue weighted by molar-refractivity contribution is 5.81. The van der Waals surface area contributed by atoms with Gasteiger partial charge in [-0.3, -0.25) is 4.90 Å². The molecule has 3 heteroatoms. The number of unbranched alkanes of at least 4 members (excludes halogenated alkanes) is 5. The summed E-state index contributed by atoms with van der Waals surface area (Å²) >= 11 is 0. The summed E-state index contributed by atoms with van der Waals surface area (Å²) in [6.07, 6.45) is 10.2. The first kappa shape index (κ1) is 18.2. The van der Waals surface area contributed by atoms with Gasteiger partial charge < -0.3 is 4.74 Å². The van der Waals surface area contributed by atoms with E-state index in [0.29, 0.717) is 6.61 Å². The Kier molecular flexibility index (Phi) is 13.0. The monoisotopic (exact) mass is 269 g/mol. The van der Waals surface area contributed by atoms with E-state index < -0.39 is 0 Å². The van der Waals surface area contributed by atoms with Crippen LogP contribution in [0.4, 0.5) is 0 Å². The first-order chi connectivity index (χ1) is 9.24. The van der Waals surface area contributed by atoms with Crippen molar-refractivity contribution in [1.82, 2.24) is 4.90 Å². The van der Waals surface area contributed by atoms with E-state index in [0.717, 1.165) is 19.6 Å². The largest absolute Gasteiger partial charge is 0.461 e. The summed E-state index contributed by atoms with van der Waals surface area (Å²) in [5, 5.41) is 0. The maximum Gasteiger partial charge on any atom is 0.330 e. The molecule has 0 unspecified atom stereocenters. The molecule has 0 aromatic carbocycles. The van der Waals surface area contributed by atoms with Gasteiger partial charge in [0.05, 0.1) is 0 Å². The molecule has 0 heterocycles. The van der Waals surface area contributed by atoms with Crippen LogP contribution in [-0.4, -0.2) is 37.1 Å². The highest BCUT2D eigenvalue weighted by Crippen LogP contribution is 2.05. The third-order valence-corrected chi connectivity index (χ3v) is 3.22. The number of hydrogen-bond donors (Lipinski definition) is 0. The fourth-order valence-corrected chi connectivity index (χ4v) is 1.99. The smallest absolute Gasteiger partial charge is 0.330 e. The van der Waals surface area contributed by atoms with Crippen LogP contribution < -0.4 is 0 Å². The van der Waals surface area contributed by atoms with Crippen LogP contribution in [-0.2, 0) is 9.53 Å². The second-order valence-corrected chi connectivity index (χ2v) is 4.98. The van der Waals surface area contributed by atoms with Gasteiger partial charge in [0.1, 0.15) is 6.61 Å². The van der Waals surface area contributed by atoms with E-state index in [1.54, 1.807) is 0 Å².